The maximum absolute atomic E-state index is 13.3. The molecular formula is C12H16FN5O. The lowest BCUT2D eigenvalue weighted by molar-refractivity contribution is 0.468. The van der Waals surface area contributed by atoms with Crippen LogP contribution in [-0.2, 0) is 0 Å². The number of nitrogens with one attached hydrogen (secondary N) is 3. The Morgan fingerprint density at radius 1 is 1.16 bits per heavy atom. The molecular weight excluding hydrogens is 249 g/mol. The van der Waals surface area contributed by atoms with Crippen molar-refractivity contribution < 1.29 is 9.50 Å². The molecule has 0 atom stereocenters. The van der Waals surface area contributed by atoms with Crippen LogP contribution in [0, 0.1) is 5.82 Å². The Morgan fingerprint density at radius 2 is 1.89 bits per heavy atom. The second-order valence-electron chi connectivity index (χ2n) is 3.87. The van der Waals surface area contributed by atoms with Gasteiger partial charge < -0.3 is 21.1 Å². The molecule has 1 aromatic carbocycles. The van der Waals surface area contributed by atoms with Crippen LogP contribution < -0.4 is 16.0 Å². The molecule has 0 amide bonds. The maximum atomic E-state index is 13.3. The summed E-state index contributed by atoms with van der Waals surface area (Å²) in [6.45, 7) is 0. The number of phenolic OH excluding ortho intramolecular Hbond substituents is 1. The Labute approximate surface area is 110 Å². The van der Waals surface area contributed by atoms with Crippen LogP contribution in [0.3, 0.4) is 0 Å². The van der Waals surface area contributed by atoms with Gasteiger partial charge in [-0.2, -0.15) is 0 Å². The molecule has 0 aliphatic heterocycles. The van der Waals surface area contributed by atoms with E-state index in [2.05, 4.69) is 21.0 Å². The molecule has 0 unspecified atom stereocenters. The van der Waals surface area contributed by atoms with E-state index < -0.39 is 5.82 Å². The first kappa shape index (κ1) is 13.0. The van der Waals surface area contributed by atoms with Gasteiger partial charge in [0.05, 0.1) is 0 Å². The minimum Gasteiger partial charge on any atom is -0.506 e. The van der Waals surface area contributed by atoms with Gasteiger partial charge in [-0.3, -0.25) is 0 Å². The van der Waals surface area contributed by atoms with Crippen LogP contribution in [0.4, 0.5) is 21.7 Å². The number of benzene rings is 1. The molecule has 19 heavy (non-hydrogen) atoms. The van der Waals surface area contributed by atoms with Crippen LogP contribution in [0.25, 0.3) is 5.69 Å². The third kappa shape index (κ3) is 2.14. The van der Waals surface area contributed by atoms with Gasteiger partial charge in [-0.1, -0.05) is 0 Å². The van der Waals surface area contributed by atoms with Gasteiger partial charge in [0.15, 0.2) is 11.6 Å². The van der Waals surface area contributed by atoms with Gasteiger partial charge in [-0.25, -0.2) is 9.07 Å². The van der Waals surface area contributed by atoms with Gasteiger partial charge in [0.25, 0.3) is 0 Å². The number of halogens is 1. The van der Waals surface area contributed by atoms with Crippen molar-refractivity contribution in [2.75, 3.05) is 37.1 Å². The van der Waals surface area contributed by atoms with Crippen molar-refractivity contribution in [2.45, 2.75) is 0 Å². The van der Waals surface area contributed by atoms with E-state index >= 15 is 0 Å². The molecule has 0 bridgehead atoms. The molecule has 0 radical (unpaired) electrons. The number of anilines is 3. The van der Waals surface area contributed by atoms with Crippen molar-refractivity contribution in [1.82, 2.24) is 9.78 Å². The van der Waals surface area contributed by atoms with Gasteiger partial charge in [-0.05, 0) is 12.1 Å². The summed E-state index contributed by atoms with van der Waals surface area (Å²) >= 11 is 0. The Balaban J connectivity index is 2.67. The molecule has 0 saturated heterocycles. The second kappa shape index (κ2) is 5.05. The molecule has 1 aromatic heterocycles. The fourth-order valence-corrected chi connectivity index (χ4v) is 1.90. The minimum atomic E-state index is -0.442. The summed E-state index contributed by atoms with van der Waals surface area (Å²) in [5.74, 6) is 0.719. The lowest BCUT2D eigenvalue weighted by Crippen LogP contribution is -2.04. The Morgan fingerprint density at radius 3 is 2.47 bits per heavy atom. The average molecular weight is 265 g/mol. The number of hydrogen-bond donors (Lipinski definition) is 4. The van der Waals surface area contributed by atoms with E-state index in [0.717, 1.165) is 5.69 Å². The zero-order valence-corrected chi connectivity index (χ0v) is 11.0. The molecule has 0 saturated carbocycles. The molecule has 0 fully saturated rings. The molecule has 0 aliphatic rings. The summed E-state index contributed by atoms with van der Waals surface area (Å²) in [6, 6.07) is 3.71. The smallest absolute Gasteiger partial charge is 0.174 e. The van der Waals surface area contributed by atoms with Crippen LogP contribution in [0.15, 0.2) is 18.2 Å². The summed E-state index contributed by atoms with van der Waals surface area (Å²) in [5, 5.41) is 23.1. The van der Waals surface area contributed by atoms with Gasteiger partial charge >= 0.3 is 0 Å². The number of nitrogens with zero attached hydrogens (tertiary/aromatic N) is 2. The third-order valence-corrected chi connectivity index (χ3v) is 2.77. The highest BCUT2D eigenvalue weighted by Gasteiger charge is 2.18. The van der Waals surface area contributed by atoms with Crippen molar-refractivity contribution in [3.63, 3.8) is 0 Å². The highest BCUT2D eigenvalue weighted by Crippen LogP contribution is 2.34. The Kier molecular flexibility index (Phi) is 3.46. The van der Waals surface area contributed by atoms with Crippen molar-refractivity contribution >= 4 is 17.3 Å². The van der Waals surface area contributed by atoms with E-state index in [1.165, 1.54) is 22.9 Å². The Hall–Kier alpha value is -2.44. The summed E-state index contributed by atoms with van der Waals surface area (Å²) in [4.78, 5) is 0. The highest BCUT2D eigenvalue weighted by molar-refractivity contribution is 5.79. The first-order valence-electron chi connectivity index (χ1n) is 5.77. The van der Waals surface area contributed by atoms with E-state index in [1.807, 2.05) is 0 Å². The number of hydrogen-bond acceptors (Lipinski definition) is 5. The molecule has 102 valence electrons. The van der Waals surface area contributed by atoms with Crippen LogP contribution in [0.1, 0.15) is 0 Å². The van der Waals surface area contributed by atoms with E-state index in [-0.39, 0.29) is 11.4 Å². The third-order valence-electron chi connectivity index (χ3n) is 2.77. The van der Waals surface area contributed by atoms with E-state index in [0.29, 0.717) is 11.6 Å². The number of phenols is 1. The quantitative estimate of drug-likeness (QED) is 0.679. The van der Waals surface area contributed by atoms with Gasteiger partial charge in [-0.15, -0.1) is 5.10 Å². The topological polar surface area (TPSA) is 74.1 Å². The van der Waals surface area contributed by atoms with Crippen molar-refractivity contribution in [3.05, 3.63) is 24.0 Å². The standard InChI is InChI=1S/C12H16FN5O/c1-14-10-11(15-2)17-18(12(10)16-3)8-6-7(13)4-5-9(8)19/h4-6,14,16,19H,1-3H3,(H,15,17). The summed E-state index contributed by atoms with van der Waals surface area (Å²) in [5.41, 5.74) is 0.996. The van der Waals surface area contributed by atoms with Gasteiger partial charge in [0.2, 0.25) is 0 Å². The van der Waals surface area contributed by atoms with Crippen LogP contribution in [-0.4, -0.2) is 36.0 Å². The van der Waals surface area contributed by atoms with Gasteiger partial charge in [0.1, 0.15) is 22.9 Å². The zero-order valence-electron chi connectivity index (χ0n) is 11.0. The predicted octanol–water partition coefficient (Wildman–Crippen LogP) is 1.84. The largest absolute Gasteiger partial charge is 0.506 e. The van der Waals surface area contributed by atoms with E-state index in [4.69, 9.17) is 0 Å². The predicted molar refractivity (Wildman–Crippen MR) is 73.8 cm³/mol. The van der Waals surface area contributed by atoms with Gasteiger partial charge in [0, 0.05) is 27.2 Å². The lowest BCUT2D eigenvalue weighted by atomic mass is 10.3. The first-order valence-corrected chi connectivity index (χ1v) is 5.77. The monoisotopic (exact) mass is 265 g/mol. The second-order valence-corrected chi connectivity index (χ2v) is 3.87. The molecule has 0 spiro atoms. The summed E-state index contributed by atoms with van der Waals surface area (Å²) < 4.78 is 14.8. The van der Waals surface area contributed by atoms with Crippen molar-refractivity contribution in [1.29, 1.82) is 0 Å². The zero-order chi connectivity index (χ0) is 14.0. The van der Waals surface area contributed by atoms with E-state index in [9.17, 15) is 9.50 Å². The fourth-order valence-electron chi connectivity index (χ4n) is 1.90. The minimum absolute atomic E-state index is 0.0503. The molecule has 0 aliphatic carbocycles. The Bertz CT molecular complexity index is 596. The maximum Gasteiger partial charge on any atom is 0.174 e. The van der Waals surface area contributed by atoms with Crippen molar-refractivity contribution in [3.8, 4) is 11.4 Å². The average Bonchev–Trinajstić information content (AvgIpc) is 2.78. The fraction of sp³-hybridized carbons (Fsp3) is 0.250. The molecule has 4 N–H and O–H groups in total. The molecule has 2 aromatic rings. The molecule has 1 heterocycles. The van der Waals surface area contributed by atoms with E-state index in [1.54, 1.807) is 21.1 Å². The first-order chi connectivity index (χ1) is 9.12. The summed E-state index contributed by atoms with van der Waals surface area (Å²) in [7, 11) is 5.22. The van der Waals surface area contributed by atoms with Crippen LogP contribution in [0.2, 0.25) is 0 Å². The molecule has 2 rings (SSSR count). The van der Waals surface area contributed by atoms with Crippen LogP contribution in [0.5, 0.6) is 5.75 Å². The SMILES string of the molecule is CNc1nn(-c2cc(F)ccc2O)c(NC)c1NC. The van der Waals surface area contributed by atoms with Crippen LogP contribution >= 0.6 is 0 Å². The molecule has 7 heteroatoms. The lowest BCUT2D eigenvalue weighted by Gasteiger charge is -2.09. The number of aromatic hydroxyl groups is 1. The number of rotatable bonds is 4. The highest BCUT2D eigenvalue weighted by atomic mass is 19.1. The van der Waals surface area contributed by atoms with Crippen molar-refractivity contribution in [2.24, 2.45) is 0 Å². The normalized spacial score (nSPS) is 10.3. The molecule has 6 nitrogen and oxygen atoms in total. The summed E-state index contributed by atoms with van der Waals surface area (Å²) in [6.07, 6.45) is 0. The number of aromatic nitrogens is 2.